The van der Waals surface area contributed by atoms with Crippen molar-refractivity contribution in [3.8, 4) is 44.5 Å². The van der Waals surface area contributed by atoms with E-state index in [0.29, 0.717) is 0 Å². The average molecular weight is 845 g/mol. The van der Waals surface area contributed by atoms with Crippen LogP contribution in [0, 0.1) is 0 Å². The van der Waals surface area contributed by atoms with Gasteiger partial charge >= 0.3 is 0 Å². The Kier molecular flexibility index (Phi) is 11.2. The maximum Gasteiger partial charge on any atom is 0.0560 e. The Bertz CT molecular complexity index is 3280. The van der Waals surface area contributed by atoms with Gasteiger partial charge in [-0.05, 0) is 140 Å². The Labute approximate surface area is 388 Å². The molecule has 0 N–H and O–H groups in total. The van der Waals surface area contributed by atoms with Crippen LogP contribution in [-0.2, 0) is 0 Å². The summed E-state index contributed by atoms with van der Waals surface area (Å²) in [5, 5.41) is 2.52. The maximum atomic E-state index is 2.49. The van der Waals surface area contributed by atoms with Crippen LogP contribution < -0.4 is 9.80 Å². The summed E-state index contributed by atoms with van der Waals surface area (Å²) in [5.41, 5.74) is 17.8. The minimum absolute atomic E-state index is 0.157. The fourth-order valence-corrected chi connectivity index (χ4v) is 9.41. The van der Waals surface area contributed by atoms with Crippen LogP contribution in [0.25, 0.3) is 60.9 Å². The van der Waals surface area contributed by atoms with Crippen LogP contribution in [0.1, 0.15) is 12.0 Å². The SMILES string of the molecule is C1=CC(N(c2ccc(-c3cccc(-c4ccc(N(c5ccccc5)c5ccc(-c6ccccc6)cc5)cc4)c3)cc2)c2ccc(-c3cccc4ccccc34)cc2)CC=C1c1ccccc1. The third kappa shape index (κ3) is 8.36. The monoisotopic (exact) mass is 844 g/mol. The molecule has 314 valence electrons. The molecule has 1 unspecified atom stereocenters. The first-order valence-electron chi connectivity index (χ1n) is 22.8. The van der Waals surface area contributed by atoms with Crippen molar-refractivity contribution in [3.05, 3.63) is 279 Å². The van der Waals surface area contributed by atoms with Crippen molar-refractivity contribution in [1.29, 1.82) is 0 Å². The zero-order valence-corrected chi connectivity index (χ0v) is 36.7. The van der Waals surface area contributed by atoms with Crippen LogP contribution >= 0.6 is 0 Å². The average Bonchev–Trinajstić information content (AvgIpc) is 3.40. The second-order valence-corrected chi connectivity index (χ2v) is 16.9. The molecule has 66 heavy (non-hydrogen) atoms. The number of hydrogen-bond acceptors (Lipinski definition) is 2. The first-order valence-corrected chi connectivity index (χ1v) is 22.8. The van der Waals surface area contributed by atoms with Crippen molar-refractivity contribution in [2.75, 3.05) is 9.80 Å². The summed E-state index contributed by atoms with van der Waals surface area (Å²) < 4.78 is 0. The molecule has 10 aromatic rings. The lowest BCUT2D eigenvalue weighted by atomic mass is 9.94. The largest absolute Gasteiger partial charge is 0.334 e. The third-order valence-corrected chi connectivity index (χ3v) is 12.8. The molecule has 0 spiro atoms. The number of para-hydroxylation sites is 1. The highest BCUT2D eigenvalue weighted by Crippen LogP contribution is 2.39. The van der Waals surface area contributed by atoms with Gasteiger partial charge in [0.1, 0.15) is 0 Å². The highest BCUT2D eigenvalue weighted by atomic mass is 15.2. The number of hydrogen-bond donors (Lipinski definition) is 0. The minimum atomic E-state index is 0.157. The predicted octanol–water partition coefficient (Wildman–Crippen LogP) is 17.5. The summed E-state index contributed by atoms with van der Waals surface area (Å²) >= 11 is 0. The van der Waals surface area contributed by atoms with Crippen LogP contribution in [-0.4, -0.2) is 6.04 Å². The quantitative estimate of drug-likeness (QED) is 0.128. The van der Waals surface area contributed by atoms with Crippen LogP contribution in [0.4, 0.5) is 28.4 Å². The van der Waals surface area contributed by atoms with Crippen LogP contribution in [0.15, 0.2) is 273 Å². The molecule has 0 aliphatic heterocycles. The summed E-state index contributed by atoms with van der Waals surface area (Å²) in [6, 6.07) is 92.1. The van der Waals surface area contributed by atoms with E-state index in [0.717, 1.165) is 29.2 Å². The molecule has 0 saturated heterocycles. The van der Waals surface area contributed by atoms with E-state index in [9.17, 15) is 0 Å². The number of rotatable bonds is 11. The van der Waals surface area contributed by atoms with E-state index in [2.05, 4.69) is 283 Å². The van der Waals surface area contributed by atoms with Gasteiger partial charge in [-0.3, -0.25) is 0 Å². The van der Waals surface area contributed by atoms with E-state index in [1.807, 2.05) is 0 Å². The van der Waals surface area contributed by atoms with Crippen molar-refractivity contribution < 1.29 is 0 Å². The standard InChI is InChI=1S/C64H48N2/c1-4-14-47(15-5-1)49-26-36-58(37-27-49)65(57-22-8-3-9-23-57)59-40-30-51(31-41-59)55-20-12-21-56(46-55)52-32-42-61(43-33-52)66(60-38-28-50(29-39-60)48-16-6-2-7-17-48)62-44-34-54(35-45-62)64-25-13-19-53-18-10-11-24-63(53)64/h1-38,40-46,60H,39H2. The van der Waals surface area contributed by atoms with E-state index in [1.54, 1.807) is 0 Å². The van der Waals surface area contributed by atoms with Crippen LogP contribution in [0.5, 0.6) is 0 Å². The molecule has 0 bridgehead atoms. The van der Waals surface area contributed by atoms with E-state index in [-0.39, 0.29) is 6.04 Å². The zero-order valence-electron chi connectivity index (χ0n) is 36.7. The first-order chi connectivity index (χ1) is 32.7. The van der Waals surface area contributed by atoms with Gasteiger partial charge in [0.2, 0.25) is 0 Å². The fraction of sp³-hybridized carbons (Fsp3) is 0.0312. The third-order valence-electron chi connectivity index (χ3n) is 12.8. The molecule has 2 heteroatoms. The molecule has 1 aliphatic rings. The Balaban J connectivity index is 0.871. The van der Waals surface area contributed by atoms with E-state index >= 15 is 0 Å². The number of fused-ring (bicyclic) bond motifs is 1. The lowest BCUT2D eigenvalue weighted by molar-refractivity contribution is 0.787. The summed E-state index contributed by atoms with van der Waals surface area (Å²) in [7, 11) is 0. The maximum absolute atomic E-state index is 2.49. The Morgan fingerprint density at radius 1 is 0.318 bits per heavy atom. The summed E-state index contributed by atoms with van der Waals surface area (Å²) in [5.74, 6) is 0. The first kappa shape index (κ1) is 40.3. The van der Waals surface area contributed by atoms with Crippen LogP contribution in [0.3, 0.4) is 0 Å². The van der Waals surface area contributed by atoms with Crippen molar-refractivity contribution in [3.63, 3.8) is 0 Å². The molecule has 0 aromatic heterocycles. The van der Waals surface area contributed by atoms with E-state index in [4.69, 9.17) is 0 Å². The van der Waals surface area contributed by atoms with Gasteiger partial charge in [0.15, 0.2) is 0 Å². The molecule has 0 heterocycles. The molecule has 0 saturated carbocycles. The lowest BCUT2D eigenvalue weighted by Crippen LogP contribution is -2.30. The van der Waals surface area contributed by atoms with Gasteiger partial charge in [0, 0.05) is 28.4 Å². The zero-order chi connectivity index (χ0) is 44.1. The lowest BCUT2D eigenvalue weighted by Gasteiger charge is -2.33. The molecular formula is C64H48N2. The topological polar surface area (TPSA) is 6.48 Å². The second kappa shape index (κ2) is 18.3. The minimum Gasteiger partial charge on any atom is -0.334 e. The number of anilines is 5. The van der Waals surface area contributed by atoms with Gasteiger partial charge in [-0.25, -0.2) is 0 Å². The Morgan fingerprint density at radius 3 is 1.32 bits per heavy atom. The van der Waals surface area contributed by atoms with Gasteiger partial charge in [0.05, 0.1) is 6.04 Å². The number of nitrogens with zero attached hydrogens (tertiary/aromatic N) is 2. The molecule has 0 radical (unpaired) electrons. The molecule has 10 aromatic carbocycles. The van der Waals surface area contributed by atoms with Crippen molar-refractivity contribution in [1.82, 2.24) is 0 Å². The second-order valence-electron chi connectivity index (χ2n) is 16.9. The highest BCUT2D eigenvalue weighted by molar-refractivity contribution is 5.97. The Morgan fingerprint density at radius 2 is 0.742 bits per heavy atom. The summed E-state index contributed by atoms with van der Waals surface area (Å²) in [6.45, 7) is 0. The summed E-state index contributed by atoms with van der Waals surface area (Å²) in [6.07, 6.45) is 7.94. The highest BCUT2D eigenvalue weighted by Gasteiger charge is 2.22. The van der Waals surface area contributed by atoms with Gasteiger partial charge in [-0.15, -0.1) is 0 Å². The van der Waals surface area contributed by atoms with E-state index in [1.165, 1.54) is 72.1 Å². The van der Waals surface area contributed by atoms with Gasteiger partial charge in [-0.2, -0.15) is 0 Å². The van der Waals surface area contributed by atoms with Gasteiger partial charge in [0.25, 0.3) is 0 Å². The molecular weight excluding hydrogens is 797 g/mol. The molecule has 0 fully saturated rings. The van der Waals surface area contributed by atoms with Crippen molar-refractivity contribution in [2.24, 2.45) is 0 Å². The molecule has 0 amide bonds. The predicted molar refractivity (Wildman–Crippen MR) is 281 cm³/mol. The van der Waals surface area contributed by atoms with E-state index < -0.39 is 0 Å². The van der Waals surface area contributed by atoms with Crippen molar-refractivity contribution in [2.45, 2.75) is 12.5 Å². The van der Waals surface area contributed by atoms with Crippen molar-refractivity contribution >= 4 is 44.8 Å². The van der Waals surface area contributed by atoms with Gasteiger partial charge < -0.3 is 9.80 Å². The Hall–Kier alpha value is -8.46. The molecule has 1 atom stereocenters. The van der Waals surface area contributed by atoms with Gasteiger partial charge in [-0.1, -0.05) is 206 Å². The summed E-state index contributed by atoms with van der Waals surface area (Å²) in [4.78, 5) is 4.81. The molecule has 2 nitrogen and oxygen atoms in total. The molecule has 1 aliphatic carbocycles. The number of allylic oxidation sites excluding steroid dienone is 2. The smallest absolute Gasteiger partial charge is 0.0560 e. The number of benzene rings is 10. The normalized spacial score (nSPS) is 13.3. The van der Waals surface area contributed by atoms with Crippen LogP contribution in [0.2, 0.25) is 0 Å². The fourth-order valence-electron chi connectivity index (χ4n) is 9.41. The molecule has 11 rings (SSSR count).